The van der Waals surface area contributed by atoms with Crippen molar-refractivity contribution in [2.45, 2.75) is 51.6 Å². The molecule has 0 aromatic heterocycles. The minimum atomic E-state index is 0.585. The van der Waals surface area contributed by atoms with E-state index in [1.807, 2.05) is 0 Å². The van der Waals surface area contributed by atoms with Gasteiger partial charge in [-0.25, -0.2) is 0 Å². The fourth-order valence-corrected chi connectivity index (χ4v) is 3.89. The maximum atomic E-state index is 5.79. The van der Waals surface area contributed by atoms with Gasteiger partial charge >= 0.3 is 0 Å². The minimum Gasteiger partial charge on any atom is -0.490 e. The predicted molar refractivity (Wildman–Crippen MR) is 88.0 cm³/mol. The maximum absolute atomic E-state index is 5.79. The number of benzene rings is 1. The number of halogens is 1. The van der Waals surface area contributed by atoms with Crippen molar-refractivity contribution in [3.05, 3.63) is 22.2 Å². The molecule has 0 unspecified atom stereocenters. The quantitative estimate of drug-likeness (QED) is 0.876. The second kappa shape index (κ2) is 7.01. The van der Waals surface area contributed by atoms with Gasteiger partial charge in [-0.2, -0.15) is 0 Å². The molecule has 0 saturated heterocycles. The van der Waals surface area contributed by atoms with E-state index in [9.17, 15) is 0 Å². The Labute approximate surface area is 135 Å². The lowest BCUT2D eigenvalue weighted by Gasteiger charge is -2.21. The molecule has 1 atom stereocenters. The summed E-state index contributed by atoms with van der Waals surface area (Å²) in [4.78, 5) is 0. The molecule has 1 aromatic carbocycles. The highest BCUT2D eigenvalue weighted by atomic mass is 79.9. The zero-order valence-electron chi connectivity index (χ0n) is 12.7. The molecule has 2 aliphatic rings. The first-order chi connectivity index (χ1) is 10.2. The molecule has 3 rings (SSSR count). The van der Waals surface area contributed by atoms with Crippen molar-refractivity contribution in [3.8, 4) is 11.5 Å². The predicted octanol–water partition coefficient (Wildman–Crippen LogP) is 4.28. The van der Waals surface area contributed by atoms with Crippen LogP contribution in [0.3, 0.4) is 0 Å². The molecular weight excluding hydrogens is 330 g/mol. The van der Waals surface area contributed by atoms with Crippen molar-refractivity contribution < 1.29 is 9.47 Å². The Hall–Kier alpha value is -0.740. The Morgan fingerprint density at radius 2 is 1.95 bits per heavy atom. The van der Waals surface area contributed by atoms with Crippen LogP contribution in [0.15, 0.2) is 16.6 Å². The van der Waals surface area contributed by atoms with Crippen LogP contribution in [0.25, 0.3) is 0 Å². The van der Waals surface area contributed by atoms with Crippen molar-refractivity contribution in [2.24, 2.45) is 5.92 Å². The van der Waals surface area contributed by atoms with Gasteiger partial charge in [0.25, 0.3) is 0 Å². The van der Waals surface area contributed by atoms with Gasteiger partial charge in [0.2, 0.25) is 0 Å². The van der Waals surface area contributed by atoms with Crippen molar-refractivity contribution in [2.75, 3.05) is 13.2 Å². The van der Waals surface area contributed by atoms with E-state index in [0.29, 0.717) is 6.04 Å². The van der Waals surface area contributed by atoms with Crippen LogP contribution in [0.5, 0.6) is 11.5 Å². The van der Waals surface area contributed by atoms with Crippen molar-refractivity contribution in [1.82, 2.24) is 5.32 Å². The van der Waals surface area contributed by atoms with Gasteiger partial charge in [0.15, 0.2) is 11.5 Å². The molecule has 1 N–H and O–H groups in total. The lowest BCUT2D eigenvalue weighted by atomic mass is 9.99. The van der Waals surface area contributed by atoms with Crippen molar-refractivity contribution in [1.29, 1.82) is 0 Å². The number of fused-ring (bicyclic) bond motifs is 1. The van der Waals surface area contributed by atoms with Gasteiger partial charge in [0.1, 0.15) is 0 Å². The highest BCUT2D eigenvalue weighted by Crippen LogP contribution is 2.38. The molecule has 116 valence electrons. The molecular formula is C17H24BrNO2. The van der Waals surface area contributed by atoms with Crippen molar-refractivity contribution >= 4 is 15.9 Å². The molecule has 1 fully saturated rings. The zero-order valence-corrected chi connectivity index (χ0v) is 14.2. The first-order valence-corrected chi connectivity index (χ1v) is 8.85. The Bertz CT molecular complexity index is 486. The maximum Gasteiger partial charge on any atom is 0.175 e. The Balaban J connectivity index is 1.65. The molecule has 1 aliphatic carbocycles. The minimum absolute atomic E-state index is 0.585. The molecule has 0 amide bonds. The Morgan fingerprint density at radius 1 is 1.19 bits per heavy atom. The summed E-state index contributed by atoms with van der Waals surface area (Å²) in [5.74, 6) is 2.56. The summed E-state index contributed by atoms with van der Waals surface area (Å²) in [5, 5.41) is 3.67. The number of rotatable bonds is 4. The summed E-state index contributed by atoms with van der Waals surface area (Å²) in [6.45, 7) is 4.65. The van der Waals surface area contributed by atoms with Gasteiger partial charge in [-0.15, -0.1) is 0 Å². The van der Waals surface area contributed by atoms with Crippen LogP contribution in [-0.2, 0) is 6.54 Å². The molecule has 3 nitrogen and oxygen atoms in total. The smallest absolute Gasteiger partial charge is 0.175 e. The summed E-state index contributed by atoms with van der Waals surface area (Å²) in [5.41, 5.74) is 1.25. The second-order valence-electron chi connectivity index (χ2n) is 6.17. The molecule has 1 heterocycles. The van der Waals surface area contributed by atoms with E-state index in [-0.39, 0.29) is 0 Å². The van der Waals surface area contributed by atoms with E-state index in [4.69, 9.17) is 9.47 Å². The topological polar surface area (TPSA) is 30.5 Å². The van der Waals surface area contributed by atoms with E-state index in [1.165, 1.54) is 31.2 Å². The summed E-state index contributed by atoms with van der Waals surface area (Å²) in [7, 11) is 0. The third-order valence-corrected chi connectivity index (χ3v) is 5.19. The zero-order chi connectivity index (χ0) is 14.7. The summed E-state index contributed by atoms with van der Waals surface area (Å²) in [6, 6.07) is 4.84. The van der Waals surface area contributed by atoms with Crippen LogP contribution >= 0.6 is 15.9 Å². The van der Waals surface area contributed by atoms with Gasteiger partial charge in [0, 0.05) is 19.0 Å². The van der Waals surface area contributed by atoms with Crippen LogP contribution in [0.4, 0.5) is 0 Å². The van der Waals surface area contributed by atoms with Crippen LogP contribution < -0.4 is 14.8 Å². The molecule has 0 radical (unpaired) electrons. The third kappa shape index (κ3) is 3.72. The van der Waals surface area contributed by atoms with Gasteiger partial charge in [-0.05, 0) is 59.3 Å². The van der Waals surface area contributed by atoms with E-state index in [1.54, 1.807) is 0 Å². The van der Waals surface area contributed by atoms with E-state index in [2.05, 4.69) is 40.3 Å². The van der Waals surface area contributed by atoms with Gasteiger partial charge in [-0.1, -0.05) is 12.8 Å². The van der Waals surface area contributed by atoms with Gasteiger partial charge in [0.05, 0.1) is 17.7 Å². The average Bonchev–Trinajstić information content (AvgIpc) is 2.91. The summed E-state index contributed by atoms with van der Waals surface area (Å²) in [6.07, 6.45) is 6.48. The van der Waals surface area contributed by atoms with Crippen LogP contribution in [0, 0.1) is 5.92 Å². The van der Waals surface area contributed by atoms with E-state index >= 15 is 0 Å². The normalized spacial score (nSPS) is 20.3. The van der Waals surface area contributed by atoms with Crippen molar-refractivity contribution in [3.63, 3.8) is 0 Å². The molecule has 0 spiro atoms. The fraction of sp³-hybridized carbons (Fsp3) is 0.647. The second-order valence-corrected chi connectivity index (χ2v) is 7.02. The largest absolute Gasteiger partial charge is 0.490 e. The standard InChI is InChI=1S/C17H24BrNO2/c1-12(14-5-2-3-6-14)19-11-13-9-15(18)17-16(10-13)20-7-4-8-21-17/h9-10,12,14,19H,2-8,11H2,1H3/t12-/m1/s1. The van der Waals surface area contributed by atoms with E-state index < -0.39 is 0 Å². The molecule has 1 aliphatic heterocycles. The molecule has 1 saturated carbocycles. The number of nitrogens with one attached hydrogen (secondary N) is 1. The molecule has 0 bridgehead atoms. The number of hydrogen-bond donors (Lipinski definition) is 1. The highest BCUT2D eigenvalue weighted by Gasteiger charge is 2.21. The Kier molecular flexibility index (Phi) is 5.07. The SMILES string of the molecule is C[C@@H](NCc1cc(Br)c2c(c1)OCCCO2)C1CCCC1. The van der Waals surface area contributed by atoms with Crippen LogP contribution in [0.2, 0.25) is 0 Å². The monoisotopic (exact) mass is 353 g/mol. The molecule has 1 aromatic rings. The number of hydrogen-bond acceptors (Lipinski definition) is 3. The van der Waals surface area contributed by atoms with Crippen LogP contribution in [-0.4, -0.2) is 19.3 Å². The van der Waals surface area contributed by atoms with Crippen LogP contribution in [0.1, 0.15) is 44.6 Å². The summed E-state index contributed by atoms with van der Waals surface area (Å²) < 4.78 is 12.5. The first kappa shape index (κ1) is 15.2. The molecule has 4 heteroatoms. The first-order valence-electron chi connectivity index (χ1n) is 8.05. The number of ether oxygens (including phenoxy) is 2. The lowest BCUT2D eigenvalue weighted by Crippen LogP contribution is -2.31. The average molecular weight is 354 g/mol. The lowest BCUT2D eigenvalue weighted by molar-refractivity contribution is 0.296. The molecule has 21 heavy (non-hydrogen) atoms. The highest BCUT2D eigenvalue weighted by molar-refractivity contribution is 9.10. The third-order valence-electron chi connectivity index (χ3n) is 4.60. The van der Waals surface area contributed by atoms with Gasteiger partial charge in [-0.3, -0.25) is 0 Å². The Morgan fingerprint density at radius 3 is 2.76 bits per heavy atom. The van der Waals surface area contributed by atoms with Gasteiger partial charge < -0.3 is 14.8 Å². The summed E-state index contributed by atoms with van der Waals surface area (Å²) >= 11 is 3.61. The van der Waals surface area contributed by atoms with E-state index in [0.717, 1.165) is 48.1 Å². The fourth-order valence-electron chi connectivity index (χ4n) is 3.29.